The lowest BCUT2D eigenvalue weighted by Gasteiger charge is -2.33. The summed E-state index contributed by atoms with van der Waals surface area (Å²) in [5, 5.41) is 7.37. The molecule has 2 atom stereocenters. The van der Waals surface area contributed by atoms with Crippen LogP contribution in [0.2, 0.25) is 10.0 Å². The number of nitrogens with two attached hydrogens (primary N) is 1. The molecule has 0 saturated carbocycles. The van der Waals surface area contributed by atoms with Crippen LogP contribution < -0.4 is 11.1 Å². The highest BCUT2D eigenvalue weighted by Crippen LogP contribution is 2.43. The van der Waals surface area contributed by atoms with Crippen LogP contribution in [0.15, 0.2) is 42.6 Å². The second-order valence-electron chi connectivity index (χ2n) is 7.78. The lowest BCUT2D eigenvalue weighted by molar-refractivity contribution is -0.137. The standard InChI is InChI=1S/C22H19Cl2F4N3.C2H6.CH3NO/c1-31-21(19(24)11-30-31)13-2-4-15(20(25)9-13)16-10-29-7-6-14(16)12-3-5-18(23)17(8-12)22(26,27)28;1-2;2-1-3/h2-5,8-9,11,14,16,29H,6-7,10H2,1H3;1-2H3;1H,(H2,2,3)/t14-,16?;;/m0../s1. The van der Waals surface area contributed by atoms with E-state index in [0.29, 0.717) is 46.9 Å². The van der Waals surface area contributed by atoms with Crippen LogP contribution in [-0.4, -0.2) is 29.3 Å². The first-order chi connectivity index (χ1) is 17.1. The number of carbonyl (C=O) groups excluding carboxylic acids is 1. The van der Waals surface area contributed by atoms with E-state index in [9.17, 15) is 13.2 Å². The Kier molecular flexibility index (Phi) is 10.8. The molecule has 1 saturated heterocycles. The van der Waals surface area contributed by atoms with E-state index in [2.05, 4.69) is 16.1 Å². The molecule has 1 unspecified atom stereocenters. The van der Waals surface area contributed by atoms with Gasteiger partial charge in [0, 0.05) is 25.1 Å². The van der Waals surface area contributed by atoms with E-state index in [1.54, 1.807) is 29.9 Å². The maximum Gasteiger partial charge on any atom is 0.417 e. The zero-order chi connectivity index (χ0) is 27.0. The van der Waals surface area contributed by atoms with Gasteiger partial charge in [-0.05, 0) is 48.2 Å². The molecule has 0 aliphatic carbocycles. The number of carbonyl (C=O) groups is 1. The number of nitrogens with one attached hydrogen (secondary N) is 1. The minimum Gasteiger partial charge on any atom is -0.372 e. The highest BCUT2D eigenvalue weighted by Gasteiger charge is 2.36. The molecule has 36 heavy (non-hydrogen) atoms. The zero-order valence-corrected chi connectivity index (χ0v) is 21.6. The summed E-state index contributed by atoms with van der Waals surface area (Å²) < 4.78 is 56.8. The third kappa shape index (κ3) is 6.78. The van der Waals surface area contributed by atoms with Crippen molar-refractivity contribution in [1.29, 1.82) is 0 Å². The average molecular weight is 547 g/mol. The second-order valence-corrected chi connectivity index (χ2v) is 8.59. The number of aromatic nitrogens is 2. The first-order valence-corrected chi connectivity index (χ1v) is 12.0. The van der Waals surface area contributed by atoms with Crippen LogP contribution in [0.4, 0.5) is 17.6 Å². The molecule has 2 heterocycles. The third-order valence-electron chi connectivity index (χ3n) is 5.77. The van der Waals surface area contributed by atoms with Crippen molar-refractivity contribution in [2.75, 3.05) is 13.1 Å². The molecule has 1 aliphatic rings. The molecule has 0 radical (unpaired) electrons. The predicted octanol–water partition coefficient (Wildman–Crippen LogP) is 6.54. The average Bonchev–Trinajstić information content (AvgIpc) is 3.18. The maximum atomic E-state index is 15.2. The van der Waals surface area contributed by atoms with Gasteiger partial charge in [-0.25, -0.2) is 4.39 Å². The monoisotopic (exact) mass is 546 g/mol. The summed E-state index contributed by atoms with van der Waals surface area (Å²) in [5.41, 5.74) is 5.42. The number of rotatable bonds is 3. The molecular formula is C25H28Cl2F4N4O. The molecule has 0 bridgehead atoms. The summed E-state index contributed by atoms with van der Waals surface area (Å²) in [6.07, 6.45) is -2.23. The molecule has 1 amide bonds. The summed E-state index contributed by atoms with van der Waals surface area (Å²) in [4.78, 5) is 8.58. The van der Waals surface area contributed by atoms with Gasteiger partial charge in [-0.2, -0.15) is 18.3 Å². The second kappa shape index (κ2) is 13.1. The molecule has 196 valence electrons. The SMILES string of the molecule is CC.Cn1ncc(Cl)c1-c1ccc(C2CNCC[C@H]2c2ccc(Cl)c(C(F)(F)F)c2)c(F)c1.NC=O. The number of amides is 1. The van der Waals surface area contributed by atoms with Crippen LogP contribution in [0.1, 0.15) is 48.8 Å². The van der Waals surface area contributed by atoms with Gasteiger partial charge in [0.25, 0.3) is 0 Å². The molecule has 1 fully saturated rings. The Balaban J connectivity index is 0.000000850. The third-order valence-corrected chi connectivity index (χ3v) is 6.38. The van der Waals surface area contributed by atoms with Gasteiger partial charge in [-0.3, -0.25) is 9.48 Å². The maximum absolute atomic E-state index is 15.2. The molecule has 3 N–H and O–H groups in total. The van der Waals surface area contributed by atoms with Gasteiger partial charge in [0.2, 0.25) is 6.41 Å². The Morgan fingerprint density at radius 3 is 2.33 bits per heavy atom. The van der Waals surface area contributed by atoms with Crippen LogP contribution in [0, 0.1) is 5.82 Å². The van der Waals surface area contributed by atoms with Crippen molar-refractivity contribution in [3.05, 3.63) is 75.1 Å². The summed E-state index contributed by atoms with van der Waals surface area (Å²) in [6, 6.07) is 8.79. The van der Waals surface area contributed by atoms with Crippen LogP contribution in [-0.2, 0) is 18.0 Å². The van der Waals surface area contributed by atoms with E-state index in [4.69, 9.17) is 28.0 Å². The Morgan fingerprint density at radius 1 is 1.11 bits per heavy atom. The number of alkyl halides is 3. The molecule has 4 rings (SSSR count). The normalized spacial score (nSPS) is 17.4. The van der Waals surface area contributed by atoms with Crippen molar-refractivity contribution in [2.24, 2.45) is 12.8 Å². The number of halogens is 6. The van der Waals surface area contributed by atoms with E-state index in [-0.39, 0.29) is 23.3 Å². The van der Waals surface area contributed by atoms with Crippen LogP contribution in [0.5, 0.6) is 0 Å². The first kappa shape index (κ1) is 29.6. The largest absolute Gasteiger partial charge is 0.417 e. The van der Waals surface area contributed by atoms with Gasteiger partial charge in [0.05, 0.1) is 27.5 Å². The smallest absolute Gasteiger partial charge is 0.372 e. The molecular weight excluding hydrogens is 519 g/mol. The molecule has 0 spiro atoms. The molecule has 5 nitrogen and oxygen atoms in total. The number of primary amides is 1. The summed E-state index contributed by atoms with van der Waals surface area (Å²) >= 11 is 11.9. The van der Waals surface area contributed by atoms with Crippen molar-refractivity contribution in [1.82, 2.24) is 15.1 Å². The summed E-state index contributed by atoms with van der Waals surface area (Å²) in [7, 11) is 1.72. The van der Waals surface area contributed by atoms with Crippen molar-refractivity contribution in [3.63, 3.8) is 0 Å². The number of aryl methyl sites for hydroxylation is 1. The lowest BCUT2D eigenvalue weighted by atomic mass is 9.76. The fourth-order valence-electron chi connectivity index (χ4n) is 4.29. The molecule has 11 heteroatoms. The number of piperidine rings is 1. The van der Waals surface area contributed by atoms with Gasteiger partial charge in [0.15, 0.2) is 0 Å². The lowest BCUT2D eigenvalue weighted by Crippen LogP contribution is -2.34. The van der Waals surface area contributed by atoms with E-state index in [1.807, 2.05) is 13.8 Å². The molecule has 3 aromatic rings. The van der Waals surface area contributed by atoms with Crippen molar-refractivity contribution >= 4 is 29.6 Å². The highest BCUT2D eigenvalue weighted by molar-refractivity contribution is 6.33. The van der Waals surface area contributed by atoms with Crippen LogP contribution >= 0.6 is 23.2 Å². The first-order valence-electron chi connectivity index (χ1n) is 11.3. The predicted molar refractivity (Wildman–Crippen MR) is 135 cm³/mol. The number of nitrogens with zero attached hydrogens (tertiary/aromatic N) is 2. The quantitative estimate of drug-likeness (QED) is 0.289. The minimum absolute atomic E-state index is 0.250. The number of benzene rings is 2. The van der Waals surface area contributed by atoms with E-state index < -0.39 is 17.6 Å². The highest BCUT2D eigenvalue weighted by atomic mass is 35.5. The minimum atomic E-state index is -4.55. The fraction of sp³-hybridized carbons (Fsp3) is 0.360. The molecule has 1 aromatic heterocycles. The van der Waals surface area contributed by atoms with Gasteiger partial charge in [-0.1, -0.05) is 55.2 Å². The fourth-order valence-corrected chi connectivity index (χ4v) is 4.79. The summed E-state index contributed by atoms with van der Waals surface area (Å²) in [6.45, 7) is 5.09. The van der Waals surface area contributed by atoms with Crippen molar-refractivity contribution in [3.8, 4) is 11.3 Å². The van der Waals surface area contributed by atoms with E-state index >= 15 is 4.39 Å². The van der Waals surface area contributed by atoms with Crippen LogP contribution in [0.3, 0.4) is 0 Å². The molecule has 1 aliphatic heterocycles. The summed E-state index contributed by atoms with van der Waals surface area (Å²) in [5.74, 6) is -1.04. The van der Waals surface area contributed by atoms with Crippen molar-refractivity contribution < 1.29 is 22.4 Å². The Labute approximate surface area is 217 Å². The van der Waals surface area contributed by atoms with Crippen molar-refractivity contribution in [2.45, 2.75) is 38.3 Å². The molecule has 2 aromatic carbocycles. The Morgan fingerprint density at radius 2 is 1.78 bits per heavy atom. The van der Waals surface area contributed by atoms with Gasteiger partial charge < -0.3 is 11.1 Å². The zero-order valence-electron chi connectivity index (χ0n) is 20.0. The van der Waals surface area contributed by atoms with Gasteiger partial charge in [0.1, 0.15) is 5.82 Å². The van der Waals surface area contributed by atoms with E-state index in [0.717, 1.165) is 6.07 Å². The van der Waals surface area contributed by atoms with Gasteiger partial charge >= 0.3 is 6.18 Å². The van der Waals surface area contributed by atoms with Crippen LogP contribution in [0.25, 0.3) is 11.3 Å². The van der Waals surface area contributed by atoms with Gasteiger partial charge in [-0.15, -0.1) is 0 Å². The number of hydrogen-bond acceptors (Lipinski definition) is 3. The Bertz CT molecular complexity index is 1150. The topological polar surface area (TPSA) is 72.9 Å². The Hall–Kier alpha value is -2.62. The number of hydrogen-bond donors (Lipinski definition) is 2. The van der Waals surface area contributed by atoms with E-state index in [1.165, 1.54) is 18.3 Å².